The van der Waals surface area contributed by atoms with E-state index in [1.165, 1.54) is 0 Å². The number of ether oxygens (including phenoxy) is 2. The summed E-state index contributed by atoms with van der Waals surface area (Å²) in [5, 5.41) is 0. The summed E-state index contributed by atoms with van der Waals surface area (Å²) in [6.45, 7) is 3.49. The molecule has 0 N–H and O–H groups in total. The minimum Gasteiger partial charge on any atom is -0.465 e. The van der Waals surface area contributed by atoms with Crippen molar-refractivity contribution in [1.29, 1.82) is 0 Å². The van der Waals surface area contributed by atoms with Crippen molar-refractivity contribution in [2.75, 3.05) is 13.2 Å². The van der Waals surface area contributed by atoms with Crippen LogP contribution in [0.15, 0.2) is 42.5 Å². The monoisotopic (exact) mass is 341 g/mol. The van der Waals surface area contributed by atoms with Gasteiger partial charge in [-0.05, 0) is 12.0 Å². The zero-order valence-corrected chi connectivity index (χ0v) is 14.4. The van der Waals surface area contributed by atoms with Crippen molar-refractivity contribution in [3.63, 3.8) is 0 Å². The van der Waals surface area contributed by atoms with Gasteiger partial charge >= 0.3 is 5.97 Å². The summed E-state index contributed by atoms with van der Waals surface area (Å²) in [6, 6.07) is 9.89. The maximum atomic E-state index is 13.0. The van der Waals surface area contributed by atoms with Crippen LogP contribution in [0.4, 0.5) is 0 Å². The number of esters is 1. The summed E-state index contributed by atoms with van der Waals surface area (Å²) in [5.74, 6) is -1.28. The highest BCUT2D eigenvalue weighted by molar-refractivity contribution is 5.91. The van der Waals surface area contributed by atoms with Crippen LogP contribution in [-0.4, -0.2) is 41.6 Å². The van der Waals surface area contributed by atoms with Crippen LogP contribution in [0.25, 0.3) is 0 Å². The van der Waals surface area contributed by atoms with E-state index in [-0.39, 0.29) is 18.0 Å². The number of benzene rings is 1. The second kappa shape index (κ2) is 6.30. The summed E-state index contributed by atoms with van der Waals surface area (Å²) >= 11 is 0. The molecule has 1 spiro atoms. The number of nitrogens with zero attached hydrogens (tertiary/aromatic N) is 1. The van der Waals surface area contributed by atoms with Gasteiger partial charge in [0.1, 0.15) is 11.5 Å². The highest BCUT2D eigenvalue weighted by atomic mass is 16.6. The summed E-state index contributed by atoms with van der Waals surface area (Å²) in [4.78, 5) is 27.4. The van der Waals surface area contributed by atoms with Crippen molar-refractivity contribution >= 4 is 11.9 Å². The number of fused-ring (bicyclic) bond motifs is 1. The SMILES string of the molecule is CCCCOC(=O)[C@H]1[C@H]2C(=O)N(Cc3ccccc3)C[C@@]23C=C[C@H]1O3. The molecule has 25 heavy (non-hydrogen) atoms. The van der Waals surface area contributed by atoms with Gasteiger partial charge in [0, 0.05) is 6.54 Å². The van der Waals surface area contributed by atoms with Crippen LogP contribution in [-0.2, 0) is 25.6 Å². The molecule has 2 bridgehead atoms. The van der Waals surface area contributed by atoms with E-state index in [1.54, 1.807) is 4.90 Å². The summed E-state index contributed by atoms with van der Waals surface area (Å²) in [5.41, 5.74) is 0.415. The zero-order chi connectivity index (χ0) is 17.4. The van der Waals surface area contributed by atoms with E-state index in [0.29, 0.717) is 19.7 Å². The number of amides is 1. The second-order valence-electron chi connectivity index (χ2n) is 7.10. The van der Waals surface area contributed by atoms with Crippen LogP contribution in [0.3, 0.4) is 0 Å². The molecule has 0 aliphatic carbocycles. The summed E-state index contributed by atoms with van der Waals surface area (Å²) in [6.07, 6.45) is 5.36. The molecule has 1 amide bonds. The van der Waals surface area contributed by atoms with Gasteiger partial charge in [-0.2, -0.15) is 0 Å². The van der Waals surface area contributed by atoms with E-state index < -0.39 is 17.4 Å². The molecule has 4 atom stereocenters. The van der Waals surface area contributed by atoms with Gasteiger partial charge in [0.25, 0.3) is 0 Å². The molecule has 1 aromatic rings. The van der Waals surface area contributed by atoms with Crippen molar-refractivity contribution in [2.24, 2.45) is 11.8 Å². The number of carbonyl (C=O) groups excluding carboxylic acids is 2. The van der Waals surface area contributed by atoms with Crippen molar-refractivity contribution in [3.05, 3.63) is 48.0 Å². The van der Waals surface area contributed by atoms with Gasteiger partial charge in [-0.3, -0.25) is 9.59 Å². The van der Waals surface area contributed by atoms with Crippen LogP contribution >= 0.6 is 0 Å². The molecule has 3 heterocycles. The van der Waals surface area contributed by atoms with Crippen LogP contribution < -0.4 is 0 Å². The van der Waals surface area contributed by atoms with Crippen molar-refractivity contribution in [2.45, 2.75) is 38.0 Å². The zero-order valence-electron chi connectivity index (χ0n) is 14.4. The Balaban J connectivity index is 1.52. The quantitative estimate of drug-likeness (QED) is 0.453. The molecular formula is C20H23NO4. The molecule has 1 aromatic carbocycles. The Hall–Kier alpha value is -2.14. The molecule has 3 aliphatic rings. The fraction of sp³-hybridized carbons (Fsp3) is 0.500. The van der Waals surface area contributed by atoms with Gasteiger partial charge in [0.15, 0.2) is 0 Å². The molecular weight excluding hydrogens is 318 g/mol. The number of unbranched alkanes of at least 4 members (excludes halogenated alkanes) is 1. The third-order valence-electron chi connectivity index (χ3n) is 5.41. The van der Waals surface area contributed by atoms with E-state index in [0.717, 1.165) is 18.4 Å². The van der Waals surface area contributed by atoms with Crippen LogP contribution in [0.5, 0.6) is 0 Å². The Morgan fingerprint density at radius 1 is 1.36 bits per heavy atom. The molecule has 3 aliphatic heterocycles. The fourth-order valence-corrected chi connectivity index (χ4v) is 4.20. The van der Waals surface area contributed by atoms with Gasteiger partial charge in [-0.15, -0.1) is 0 Å². The Bertz CT molecular complexity index is 701. The van der Waals surface area contributed by atoms with Gasteiger partial charge in [0.2, 0.25) is 5.91 Å². The summed E-state index contributed by atoms with van der Waals surface area (Å²) < 4.78 is 11.5. The van der Waals surface area contributed by atoms with Crippen LogP contribution in [0.2, 0.25) is 0 Å². The molecule has 132 valence electrons. The highest BCUT2D eigenvalue weighted by Crippen LogP contribution is 2.52. The average molecular weight is 341 g/mol. The number of rotatable bonds is 6. The van der Waals surface area contributed by atoms with Gasteiger partial charge < -0.3 is 14.4 Å². The molecule has 0 saturated carbocycles. The molecule has 4 rings (SSSR count). The van der Waals surface area contributed by atoms with Gasteiger partial charge in [-0.1, -0.05) is 55.8 Å². The van der Waals surface area contributed by atoms with Gasteiger partial charge in [0.05, 0.1) is 25.2 Å². The maximum absolute atomic E-state index is 13.0. The normalized spacial score (nSPS) is 32.3. The van der Waals surface area contributed by atoms with Crippen LogP contribution in [0, 0.1) is 11.8 Å². The third kappa shape index (κ3) is 2.67. The van der Waals surface area contributed by atoms with E-state index in [9.17, 15) is 9.59 Å². The highest BCUT2D eigenvalue weighted by Gasteiger charge is 2.67. The topological polar surface area (TPSA) is 55.8 Å². The first-order valence-corrected chi connectivity index (χ1v) is 9.01. The minimum absolute atomic E-state index is 0.00635. The largest absolute Gasteiger partial charge is 0.465 e. The maximum Gasteiger partial charge on any atom is 0.312 e. The lowest BCUT2D eigenvalue weighted by Crippen LogP contribution is -2.40. The lowest BCUT2D eigenvalue weighted by Gasteiger charge is -2.22. The Morgan fingerprint density at radius 2 is 2.16 bits per heavy atom. The fourth-order valence-electron chi connectivity index (χ4n) is 4.20. The first-order valence-electron chi connectivity index (χ1n) is 9.01. The van der Waals surface area contributed by atoms with E-state index in [2.05, 4.69) is 0 Å². The molecule has 5 heteroatoms. The molecule has 5 nitrogen and oxygen atoms in total. The first-order chi connectivity index (χ1) is 12.1. The van der Waals surface area contributed by atoms with Crippen molar-refractivity contribution in [3.8, 4) is 0 Å². The third-order valence-corrected chi connectivity index (χ3v) is 5.41. The van der Waals surface area contributed by atoms with Gasteiger partial charge in [-0.25, -0.2) is 0 Å². The molecule has 2 fully saturated rings. The number of hydrogen-bond donors (Lipinski definition) is 0. The van der Waals surface area contributed by atoms with E-state index >= 15 is 0 Å². The molecule has 2 saturated heterocycles. The molecule has 0 aromatic heterocycles. The number of likely N-dealkylation sites (tertiary alicyclic amines) is 1. The van der Waals surface area contributed by atoms with E-state index in [1.807, 2.05) is 49.4 Å². The predicted molar refractivity (Wildman–Crippen MR) is 91.5 cm³/mol. The lowest BCUT2D eigenvalue weighted by molar-refractivity contribution is -0.154. The summed E-state index contributed by atoms with van der Waals surface area (Å²) in [7, 11) is 0. The standard InChI is InChI=1S/C20H23NO4/c1-2-3-11-24-19(23)16-15-9-10-20(25-15)13-21(18(22)17(16)20)12-14-7-5-4-6-8-14/h4-10,15-17H,2-3,11-13H2,1H3/t15-,16-,17+,20+/m1/s1. The second-order valence-corrected chi connectivity index (χ2v) is 7.10. The minimum atomic E-state index is -0.662. The van der Waals surface area contributed by atoms with Crippen LogP contribution in [0.1, 0.15) is 25.3 Å². The number of carbonyl (C=O) groups is 2. The smallest absolute Gasteiger partial charge is 0.312 e. The average Bonchev–Trinajstić information content (AvgIpc) is 3.25. The first kappa shape index (κ1) is 16.3. The van der Waals surface area contributed by atoms with E-state index in [4.69, 9.17) is 9.47 Å². The predicted octanol–water partition coefficient (Wildman–Crippen LogP) is 2.31. The molecule has 0 unspecified atom stereocenters. The Morgan fingerprint density at radius 3 is 2.92 bits per heavy atom. The lowest BCUT2D eigenvalue weighted by atomic mass is 9.77. The van der Waals surface area contributed by atoms with Crippen molar-refractivity contribution in [1.82, 2.24) is 4.90 Å². The Kier molecular flexibility index (Phi) is 4.12. The molecule has 0 radical (unpaired) electrons. The number of hydrogen-bond acceptors (Lipinski definition) is 4. The Labute approximate surface area is 147 Å². The van der Waals surface area contributed by atoms with Crippen molar-refractivity contribution < 1.29 is 19.1 Å².